The highest BCUT2D eigenvalue weighted by molar-refractivity contribution is 6.33. The van der Waals surface area contributed by atoms with Crippen LogP contribution in [0.2, 0.25) is 5.02 Å². The number of hydrogen-bond acceptors (Lipinski definition) is 5. The minimum Gasteiger partial charge on any atom is -0.497 e. The SMILES string of the molecule is CCCCC1=C2CN(c3ccc(F)cc3Cl)NC2=CCN1Cc1cc(OC)cc(OC)c1. The number of fused-ring (bicyclic) bond motifs is 1. The first-order valence-corrected chi connectivity index (χ1v) is 11.3. The molecule has 2 aromatic rings. The number of benzene rings is 2. The van der Waals surface area contributed by atoms with Gasteiger partial charge in [0, 0.05) is 30.4 Å². The van der Waals surface area contributed by atoms with Gasteiger partial charge in [-0.25, -0.2) is 4.39 Å². The lowest BCUT2D eigenvalue weighted by molar-refractivity contribution is 0.342. The van der Waals surface area contributed by atoms with Crippen LogP contribution in [0.15, 0.2) is 59.4 Å². The second-order valence-corrected chi connectivity index (χ2v) is 8.45. The van der Waals surface area contributed by atoms with E-state index in [9.17, 15) is 4.39 Å². The minimum atomic E-state index is -0.336. The maximum Gasteiger partial charge on any atom is 0.124 e. The molecular formula is C25H29ClFN3O2. The van der Waals surface area contributed by atoms with Gasteiger partial charge in [0.25, 0.3) is 0 Å². The molecule has 4 rings (SSSR count). The molecule has 0 bridgehead atoms. The summed E-state index contributed by atoms with van der Waals surface area (Å²) in [6.07, 6.45) is 5.44. The van der Waals surface area contributed by atoms with E-state index in [0.29, 0.717) is 11.6 Å². The predicted molar refractivity (Wildman–Crippen MR) is 126 cm³/mol. The Morgan fingerprint density at radius 1 is 1.09 bits per heavy atom. The van der Waals surface area contributed by atoms with E-state index in [1.165, 1.54) is 23.4 Å². The van der Waals surface area contributed by atoms with Crippen molar-refractivity contribution in [1.29, 1.82) is 0 Å². The van der Waals surface area contributed by atoms with Crippen LogP contribution in [0.5, 0.6) is 11.5 Å². The van der Waals surface area contributed by atoms with E-state index in [2.05, 4.69) is 35.5 Å². The molecule has 0 aromatic heterocycles. The number of allylic oxidation sites excluding steroid dienone is 1. The standard InChI is InChI=1S/C25H29ClFN3O2/c1-4-5-6-24-21-16-30(25-8-7-18(27)13-22(25)26)28-23(21)9-10-29(24)15-17-11-19(31-2)14-20(12-17)32-3/h7-9,11-14,28H,4-6,10,15-16H2,1-3H3. The van der Waals surface area contributed by atoms with Gasteiger partial charge in [-0.2, -0.15) is 0 Å². The van der Waals surface area contributed by atoms with Crippen molar-refractivity contribution in [3.8, 4) is 11.5 Å². The van der Waals surface area contributed by atoms with Gasteiger partial charge < -0.3 is 14.4 Å². The van der Waals surface area contributed by atoms with E-state index in [4.69, 9.17) is 21.1 Å². The summed E-state index contributed by atoms with van der Waals surface area (Å²) < 4.78 is 24.4. The van der Waals surface area contributed by atoms with Gasteiger partial charge in [0.05, 0.1) is 37.2 Å². The quantitative estimate of drug-likeness (QED) is 0.553. The molecule has 5 nitrogen and oxygen atoms in total. The molecule has 2 aromatic carbocycles. The fourth-order valence-electron chi connectivity index (χ4n) is 4.25. The lowest BCUT2D eigenvalue weighted by Crippen LogP contribution is -2.30. The van der Waals surface area contributed by atoms with Gasteiger partial charge >= 0.3 is 0 Å². The van der Waals surface area contributed by atoms with Crippen LogP contribution in [-0.2, 0) is 6.54 Å². The van der Waals surface area contributed by atoms with E-state index in [-0.39, 0.29) is 5.82 Å². The molecule has 0 atom stereocenters. The van der Waals surface area contributed by atoms with E-state index < -0.39 is 0 Å². The molecule has 1 N–H and O–H groups in total. The van der Waals surface area contributed by atoms with Gasteiger partial charge in [-0.1, -0.05) is 24.9 Å². The Morgan fingerprint density at radius 3 is 2.50 bits per heavy atom. The highest BCUT2D eigenvalue weighted by Gasteiger charge is 2.30. The number of nitrogens with one attached hydrogen (secondary N) is 1. The van der Waals surface area contributed by atoms with Crippen LogP contribution >= 0.6 is 11.6 Å². The molecule has 170 valence electrons. The zero-order valence-corrected chi connectivity index (χ0v) is 19.5. The third-order valence-corrected chi connectivity index (χ3v) is 6.20. The molecule has 0 amide bonds. The summed E-state index contributed by atoms with van der Waals surface area (Å²) in [6.45, 7) is 4.44. The van der Waals surface area contributed by atoms with Gasteiger partial charge in [-0.15, -0.1) is 0 Å². The second-order valence-electron chi connectivity index (χ2n) is 8.04. The van der Waals surface area contributed by atoms with Crippen molar-refractivity contribution >= 4 is 17.3 Å². The Kier molecular flexibility index (Phi) is 6.80. The van der Waals surface area contributed by atoms with E-state index >= 15 is 0 Å². The average Bonchev–Trinajstić information content (AvgIpc) is 3.22. The molecule has 1 saturated heterocycles. The molecule has 2 aliphatic heterocycles. The molecule has 2 heterocycles. The number of halogens is 2. The fourth-order valence-corrected chi connectivity index (χ4v) is 4.52. The van der Waals surface area contributed by atoms with Gasteiger partial charge in [0.15, 0.2) is 0 Å². The van der Waals surface area contributed by atoms with Crippen LogP contribution < -0.4 is 19.9 Å². The number of unbranched alkanes of at least 4 members (excludes halogenated alkanes) is 1. The minimum absolute atomic E-state index is 0.336. The molecule has 7 heteroatoms. The van der Waals surface area contributed by atoms with Crippen LogP contribution in [0.3, 0.4) is 0 Å². The number of nitrogens with zero attached hydrogens (tertiary/aromatic N) is 2. The van der Waals surface area contributed by atoms with Crippen LogP contribution in [0.25, 0.3) is 0 Å². The van der Waals surface area contributed by atoms with E-state index in [0.717, 1.165) is 60.8 Å². The number of hydrogen-bond donors (Lipinski definition) is 1. The first-order valence-electron chi connectivity index (χ1n) is 10.9. The Bertz CT molecular complexity index is 1030. The molecule has 0 unspecified atom stereocenters. The summed E-state index contributed by atoms with van der Waals surface area (Å²) in [4.78, 5) is 2.42. The summed E-state index contributed by atoms with van der Waals surface area (Å²) in [6, 6.07) is 10.5. The Hall–Kier alpha value is -2.86. The lowest BCUT2D eigenvalue weighted by atomic mass is 10.0. The van der Waals surface area contributed by atoms with E-state index in [1.807, 2.05) is 11.1 Å². The topological polar surface area (TPSA) is 37.0 Å². The summed E-state index contributed by atoms with van der Waals surface area (Å²) >= 11 is 6.33. The van der Waals surface area contributed by atoms with Crippen LogP contribution in [0.1, 0.15) is 31.7 Å². The van der Waals surface area contributed by atoms with Gasteiger partial charge in [0.1, 0.15) is 17.3 Å². The number of rotatable bonds is 8. The highest BCUT2D eigenvalue weighted by Crippen LogP contribution is 2.36. The summed E-state index contributed by atoms with van der Waals surface area (Å²) in [5.74, 6) is 1.24. The number of ether oxygens (including phenoxy) is 2. The normalized spacial score (nSPS) is 15.5. The Labute approximate surface area is 194 Å². The van der Waals surface area contributed by atoms with Gasteiger partial charge in [-0.05, 0) is 54.8 Å². The van der Waals surface area contributed by atoms with Crippen molar-refractivity contribution in [2.45, 2.75) is 32.7 Å². The van der Waals surface area contributed by atoms with Gasteiger partial charge in [-0.3, -0.25) is 10.4 Å². The maximum atomic E-state index is 13.5. The van der Waals surface area contributed by atoms with E-state index in [1.54, 1.807) is 20.3 Å². The fraction of sp³-hybridized carbons (Fsp3) is 0.360. The first kappa shape index (κ1) is 22.3. The molecule has 0 radical (unpaired) electrons. The maximum absolute atomic E-state index is 13.5. The van der Waals surface area contributed by atoms with Crippen molar-refractivity contribution < 1.29 is 13.9 Å². The zero-order chi connectivity index (χ0) is 22.7. The smallest absolute Gasteiger partial charge is 0.124 e. The number of anilines is 1. The van der Waals surface area contributed by atoms with Crippen molar-refractivity contribution in [3.05, 3.63) is 75.8 Å². The highest BCUT2D eigenvalue weighted by atomic mass is 35.5. The third-order valence-electron chi connectivity index (χ3n) is 5.89. The van der Waals surface area contributed by atoms with Crippen molar-refractivity contribution in [1.82, 2.24) is 10.3 Å². The predicted octanol–water partition coefficient (Wildman–Crippen LogP) is 5.66. The molecule has 0 saturated carbocycles. The molecule has 2 aliphatic rings. The zero-order valence-electron chi connectivity index (χ0n) is 18.8. The molecule has 1 fully saturated rings. The molecule has 0 aliphatic carbocycles. The Balaban J connectivity index is 1.63. The summed E-state index contributed by atoms with van der Waals surface area (Å²) in [7, 11) is 3.34. The third kappa shape index (κ3) is 4.65. The second kappa shape index (κ2) is 9.74. The molecule has 0 spiro atoms. The monoisotopic (exact) mass is 457 g/mol. The van der Waals surface area contributed by atoms with Crippen molar-refractivity contribution in [2.24, 2.45) is 0 Å². The van der Waals surface area contributed by atoms with Crippen LogP contribution in [-0.4, -0.2) is 32.2 Å². The van der Waals surface area contributed by atoms with Crippen molar-refractivity contribution in [3.63, 3.8) is 0 Å². The largest absolute Gasteiger partial charge is 0.497 e. The molecule has 32 heavy (non-hydrogen) atoms. The van der Waals surface area contributed by atoms with Crippen LogP contribution in [0.4, 0.5) is 10.1 Å². The number of hydrazine groups is 1. The molecular weight excluding hydrogens is 429 g/mol. The first-order chi connectivity index (χ1) is 15.5. The summed E-state index contributed by atoms with van der Waals surface area (Å²) in [5.41, 5.74) is 9.07. The average molecular weight is 458 g/mol. The lowest BCUT2D eigenvalue weighted by Gasteiger charge is -2.31. The summed E-state index contributed by atoms with van der Waals surface area (Å²) in [5, 5.41) is 2.39. The van der Waals surface area contributed by atoms with Gasteiger partial charge in [0.2, 0.25) is 0 Å². The Morgan fingerprint density at radius 2 is 1.84 bits per heavy atom. The van der Waals surface area contributed by atoms with Crippen molar-refractivity contribution in [2.75, 3.05) is 32.3 Å². The number of methoxy groups -OCH3 is 2. The van der Waals surface area contributed by atoms with Crippen LogP contribution in [0, 0.1) is 5.82 Å².